The summed E-state index contributed by atoms with van der Waals surface area (Å²) >= 11 is 0. The van der Waals surface area contributed by atoms with Crippen molar-refractivity contribution in [1.29, 1.82) is 5.26 Å². The lowest BCUT2D eigenvalue weighted by Gasteiger charge is -2.28. The number of nitrogens with zero attached hydrogens (tertiary/aromatic N) is 2. The highest BCUT2D eigenvalue weighted by atomic mass is 16.3. The molecule has 0 aromatic heterocycles. The van der Waals surface area contributed by atoms with Gasteiger partial charge in [0.15, 0.2) is 0 Å². The lowest BCUT2D eigenvalue weighted by atomic mass is 10.0. The molecule has 3 amide bonds. The van der Waals surface area contributed by atoms with Crippen molar-refractivity contribution in [2.24, 2.45) is 5.92 Å². The largest absolute Gasteiger partial charge is 0.371 e. The first-order valence-corrected chi connectivity index (χ1v) is 9.42. The van der Waals surface area contributed by atoms with E-state index in [0.29, 0.717) is 29.9 Å². The van der Waals surface area contributed by atoms with Gasteiger partial charge in [-0.05, 0) is 54.4 Å². The third kappa shape index (κ3) is 4.55. The molecule has 7 heteroatoms. The van der Waals surface area contributed by atoms with E-state index in [2.05, 4.69) is 16.7 Å². The molecular weight excluding hydrogens is 368 g/mol. The minimum absolute atomic E-state index is 0.140. The Bertz CT molecular complexity index is 975. The highest BCUT2D eigenvalue weighted by Crippen LogP contribution is 2.24. The number of hydrogen-bond donors (Lipinski definition) is 3. The second kappa shape index (κ2) is 7.94. The molecule has 0 radical (unpaired) electrons. The number of nitriles is 1. The van der Waals surface area contributed by atoms with Gasteiger partial charge < -0.3 is 20.6 Å². The van der Waals surface area contributed by atoms with Crippen LogP contribution < -0.4 is 10.6 Å². The Balaban J connectivity index is 1.61. The van der Waals surface area contributed by atoms with Crippen molar-refractivity contribution in [2.45, 2.75) is 39.6 Å². The summed E-state index contributed by atoms with van der Waals surface area (Å²) in [5, 5.41) is 24.6. The average molecular weight is 392 g/mol. The van der Waals surface area contributed by atoms with Crippen LogP contribution in [0.2, 0.25) is 0 Å². The van der Waals surface area contributed by atoms with Crippen molar-refractivity contribution in [2.75, 3.05) is 5.32 Å². The Labute approximate surface area is 170 Å². The molecule has 0 saturated carbocycles. The number of anilines is 1. The highest BCUT2D eigenvalue weighted by Gasteiger charge is 2.27. The van der Waals surface area contributed by atoms with E-state index in [1.807, 2.05) is 26.0 Å². The van der Waals surface area contributed by atoms with Crippen molar-refractivity contribution in [1.82, 2.24) is 10.2 Å². The molecule has 0 saturated heterocycles. The van der Waals surface area contributed by atoms with Crippen LogP contribution in [0.1, 0.15) is 47.8 Å². The van der Waals surface area contributed by atoms with Crippen LogP contribution >= 0.6 is 0 Å². The molecule has 0 bridgehead atoms. The molecule has 1 atom stereocenters. The van der Waals surface area contributed by atoms with Crippen molar-refractivity contribution in [3.63, 3.8) is 0 Å². The van der Waals surface area contributed by atoms with Crippen molar-refractivity contribution >= 4 is 17.6 Å². The maximum atomic E-state index is 12.6. The van der Waals surface area contributed by atoms with Crippen molar-refractivity contribution < 1.29 is 14.7 Å². The van der Waals surface area contributed by atoms with Gasteiger partial charge in [0.2, 0.25) is 0 Å². The molecule has 1 aliphatic heterocycles. The van der Waals surface area contributed by atoms with Gasteiger partial charge in [0.1, 0.15) is 5.72 Å². The van der Waals surface area contributed by atoms with Gasteiger partial charge >= 0.3 is 6.03 Å². The van der Waals surface area contributed by atoms with Gasteiger partial charge in [0, 0.05) is 30.3 Å². The summed E-state index contributed by atoms with van der Waals surface area (Å²) in [5.41, 5.74) is 2.24. The predicted molar refractivity (Wildman–Crippen MR) is 109 cm³/mol. The number of benzene rings is 2. The molecule has 3 rings (SSSR count). The van der Waals surface area contributed by atoms with Gasteiger partial charge in [-0.15, -0.1) is 0 Å². The smallest absolute Gasteiger partial charge is 0.322 e. The standard InChI is InChI=1S/C22H24N4O3/c1-14(2)22(3,29)25-20(27)16-6-8-19(9-7-16)24-21(28)26-12-17-5-4-15(11-23)10-18(17)13-26/h4-10,14,29H,12-13H2,1-3H3,(H,24,28)(H,25,27)/t22-/m1/s1. The normalized spacial score (nSPS) is 14.7. The first-order chi connectivity index (χ1) is 13.7. The van der Waals surface area contributed by atoms with Crippen LogP contribution in [0, 0.1) is 17.2 Å². The van der Waals surface area contributed by atoms with E-state index in [9.17, 15) is 14.7 Å². The van der Waals surface area contributed by atoms with Crippen LogP contribution in [0.15, 0.2) is 42.5 Å². The zero-order chi connectivity index (χ0) is 21.2. The first-order valence-electron chi connectivity index (χ1n) is 9.42. The molecule has 3 N–H and O–H groups in total. The number of carbonyl (C=O) groups is 2. The highest BCUT2D eigenvalue weighted by molar-refractivity contribution is 5.96. The lowest BCUT2D eigenvalue weighted by Crippen LogP contribution is -2.49. The molecule has 1 aliphatic rings. The van der Waals surface area contributed by atoms with Gasteiger partial charge in [-0.2, -0.15) is 5.26 Å². The SMILES string of the molecule is CC(C)[C@@](C)(O)NC(=O)c1ccc(NC(=O)N2Cc3ccc(C#N)cc3C2)cc1. The molecule has 1 heterocycles. The molecule has 2 aromatic rings. The number of amides is 3. The second-order valence-electron chi connectivity index (χ2n) is 7.72. The molecule has 0 spiro atoms. The van der Waals surface area contributed by atoms with Crippen LogP contribution in [0.3, 0.4) is 0 Å². The van der Waals surface area contributed by atoms with E-state index < -0.39 is 5.72 Å². The lowest BCUT2D eigenvalue weighted by molar-refractivity contribution is -0.0143. The predicted octanol–water partition coefficient (Wildman–Crippen LogP) is 3.20. The maximum Gasteiger partial charge on any atom is 0.322 e. The molecule has 7 nitrogen and oxygen atoms in total. The van der Waals surface area contributed by atoms with Crippen molar-refractivity contribution in [3.8, 4) is 6.07 Å². The molecule has 0 aliphatic carbocycles. The number of aliphatic hydroxyl groups is 1. The molecule has 0 fully saturated rings. The second-order valence-corrected chi connectivity index (χ2v) is 7.72. The van der Waals surface area contributed by atoms with E-state index in [4.69, 9.17) is 5.26 Å². The number of fused-ring (bicyclic) bond motifs is 1. The minimum Gasteiger partial charge on any atom is -0.371 e. The molecule has 0 unspecified atom stereocenters. The quantitative estimate of drug-likeness (QED) is 0.695. The summed E-state index contributed by atoms with van der Waals surface area (Å²) in [7, 11) is 0. The average Bonchev–Trinajstić information content (AvgIpc) is 3.11. The summed E-state index contributed by atoms with van der Waals surface area (Å²) in [6.07, 6.45) is 0. The maximum absolute atomic E-state index is 12.6. The molecule has 29 heavy (non-hydrogen) atoms. The monoisotopic (exact) mass is 392 g/mol. The van der Waals surface area contributed by atoms with Gasteiger partial charge in [-0.25, -0.2) is 4.79 Å². The summed E-state index contributed by atoms with van der Waals surface area (Å²) in [4.78, 5) is 26.5. The van der Waals surface area contributed by atoms with Gasteiger partial charge in [0.05, 0.1) is 11.6 Å². The zero-order valence-electron chi connectivity index (χ0n) is 16.7. The van der Waals surface area contributed by atoms with Gasteiger partial charge in [-0.1, -0.05) is 19.9 Å². The molecule has 2 aromatic carbocycles. The molecular formula is C22H24N4O3. The van der Waals surface area contributed by atoms with Crippen LogP contribution in [0.25, 0.3) is 0 Å². The number of carbonyl (C=O) groups excluding carboxylic acids is 2. The van der Waals surface area contributed by atoms with E-state index in [1.54, 1.807) is 42.2 Å². The van der Waals surface area contributed by atoms with Crippen LogP contribution in [0.5, 0.6) is 0 Å². The van der Waals surface area contributed by atoms with Gasteiger partial charge in [-0.3, -0.25) is 4.79 Å². The minimum atomic E-state index is -1.31. The van der Waals surface area contributed by atoms with E-state index >= 15 is 0 Å². The Morgan fingerprint density at radius 1 is 1.14 bits per heavy atom. The fourth-order valence-electron chi connectivity index (χ4n) is 2.96. The Morgan fingerprint density at radius 2 is 1.79 bits per heavy atom. The Hall–Kier alpha value is -3.37. The summed E-state index contributed by atoms with van der Waals surface area (Å²) < 4.78 is 0. The number of rotatable bonds is 4. The topological polar surface area (TPSA) is 105 Å². The van der Waals surface area contributed by atoms with Crippen LogP contribution in [-0.4, -0.2) is 27.7 Å². The third-order valence-electron chi connectivity index (χ3n) is 5.23. The number of urea groups is 1. The fraction of sp³-hybridized carbons (Fsp3) is 0.318. The van der Waals surface area contributed by atoms with E-state index in [-0.39, 0.29) is 17.9 Å². The molecule has 150 valence electrons. The van der Waals surface area contributed by atoms with Gasteiger partial charge in [0.25, 0.3) is 5.91 Å². The Kier molecular flexibility index (Phi) is 5.57. The van der Waals surface area contributed by atoms with E-state index in [1.165, 1.54) is 0 Å². The number of hydrogen-bond acceptors (Lipinski definition) is 4. The third-order valence-corrected chi connectivity index (χ3v) is 5.23. The summed E-state index contributed by atoms with van der Waals surface area (Å²) in [6, 6.07) is 13.8. The van der Waals surface area contributed by atoms with E-state index in [0.717, 1.165) is 11.1 Å². The fourth-order valence-corrected chi connectivity index (χ4v) is 2.96. The van der Waals surface area contributed by atoms with Crippen molar-refractivity contribution in [3.05, 3.63) is 64.7 Å². The van der Waals surface area contributed by atoms with Crippen LogP contribution in [0.4, 0.5) is 10.5 Å². The zero-order valence-corrected chi connectivity index (χ0v) is 16.7. The summed E-state index contributed by atoms with van der Waals surface area (Å²) in [6.45, 7) is 6.12. The Morgan fingerprint density at radius 3 is 2.41 bits per heavy atom. The van der Waals surface area contributed by atoms with Crippen LogP contribution in [-0.2, 0) is 13.1 Å². The number of nitrogens with one attached hydrogen (secondary N) is 2. The first kappa shape index (κ1) is 20.4. The summed E-state index contributed by atoms with van der Waals surface area (Å²) in [5.74, 6) is -0.524.